The fourth-order valence-corrected chi connectivity index (χ4v) is 3.62. The van der Waals surface area contributed by atoms with E-state index in [1.807, 2.05) is 0 Å². The number of carbonyl (C=O) groups excluding carboxylic acids is 2. The summed E-state index contributed by atoms with van der Waals surface area (Å²) in [4.78, 5) is 27.7. The Morgan fingerprint density at radius 3 is 2.35 bits per heavy atom. The maximum Gasteiger partial charge on any atom is 0.416 e. The van der Waals surface area contributed by atoms with Gasteiger partial charge in [0.1, 0.15) is 5.60 Å². The third-order valence-corrected chi connectivity index (χ3v) is 4.98. The molecule has 1 unspecified atom stereocenters. The van der Waals surface area contributed by atoms with Crippen molar-refractivity contribution in [2.24, 2.45) is 0 Å². The third kappa shape index (κ3) is 3.85. The van der Waals surface area contributed by atoms with E-state index >= 15 is 0 Å². The van der Waals surface area contributed by atoms with Crippen LogP contribution in [0.15, 0.2) is 24.3 Å². The van der Waals surface area contributed by atoms with Gasteiger partial charge in [-0.3, -0.25) is 9.59 Å². The highest BCUT2D eigenvalue weighted by atomic mass is 19.4. The average Bonchev–Trinajstić information content (AvgIpc) is 2.60. The molecule has 0 radical (unpaired) electrons. The van der Waals surface area contributed by atoms with Crippen LogP contribution in [0.25, 0.3) is 0 Å². The van der Waals surface area contributed by atoms with Crippen LogP contribution in [0.1, 0.15) is 35.7 Å². The molecule has 1 aromatic carbocycles. The molecular formula is C18H21F3N2O3. The van der Waals surface area contributed by atoms with E-state index in [0.717, 1.165) is 25.0 Å². The zero-order chi connectivity index (χ0) is 18.9. The van der Waals surface area contributed by atoms with Crippen LogP contribution >= 0.6 is 0 Å². The minimum Gasteiger partial charge on any atom is -0.369 e. The van der Waals surface area contributed by atoms with Gasteiger partial charge in [-0.1, -0.05) is 0 Å². The van der Waals surface area contributed by atoms with Crippen LogP contribution in [0.4, 0.5) is 13.2 Å². The normalized spacial score (nSPS) is 24.0. The Labute approximate surface area is 149 Å². The van der Waals surface area contributed by atoms with Crippen molar-refractivity contribution in [1.29, 1.82) is 0 Å². The van der Waals surface area contributed by atoms with Crippen LogP contribution in [0, 0.1) is 0 Å². The van der Waals surface area contributed by atoms with Crippen molar-refractivity contribution in [2.75, 3.05) is 32.8 Å². The SMILES string of the molecule is CC(=O)N1CCOC2(CCCN(C(=O)c3ccc(C(F)(F)F)cc3)C2)C1. The van der Waals surface area contributed by atoms with Gasteiger partial charge in [-0.2, -0.15) is 13.2 Å². The van der Waals surface area contributed by atoms with E-state index in [1.54, 1.807) is 9.80 Å². The standard InChI is InChI=1S/C18H21F3N2O3/c1-13(24)22-9-10-26-17(11-22)7-2-8-23(12-17)16(25)14-3-5-15(6-4-14)18(19,20)21/h3-6H,2,7-12H2,1H3. The second-order valence-corrected chi connectivity index (χ2v) is 6.88. The minimum atomic E-state index is -4.43. The molecule has 2 aliphatic rings. The van der Waals surface area contributed by atoms with Gasteiger partial charge in [0, 0.05) is 25.6 Å². The first-order valence-corrected chi connectivity index (χ1v) is 8.56. The zero-order valence-electron chi connectivity index (χ0n) is 14.5. The number of hydrogen-bond acceptors (Lipinski definition) is 3. The molecule has 0 aromatic heterocycles. The van der Waals surface area contributed by atoms with Gasteiger partial charge in [0.2, 0.25) is 5.91 Å². The number of carbonyl (C=O) groups is 2. The number of alkyl halides is 3. The number of piperidine rings is 1. The summed E-state index contributed by atoms with van der Waals surface area (Å²) in [5, 5.41) is 0. The van der Waals surface area contributed by atoms with Crippen molar-refractivity contribution < 1.29 is 27.5 Å². The van der Waals surface area contributed by atoms with Gasteiger partial charge in [0.15, 0.2) is 0 Å². The first-order chi connectivity index (χ1) is 12.2. The molecule has 2 amide bonds. The van der Waals surface area contributed by atoms with E-state index in [9.17, 15) is 22.8 Å². The molecule has 8 heteroatoms. The van der Waals surface area contributed by atoms with Gasteiger partial charge >= 0.3 is 6.18 Å². The Hall–Kier alpha value is -2.09. The summed E-state index contributed by atoms with van der Waals surface area (Å²) < 4.78 is 43.9. The van der Waals surface area contributed by atoms with Gasteiger partial charge in [-0.25, -0.2) is 0 Å². The number of morpholine rings is 1. The Morgan fingerprint density at radius 2 is 1.73 bits per heavy atom. The topological polar surface area (TPSA) is 49.9 Å². The third-order valence-electron chi connectivity index (χ3n) is 4.98. The number of rotatable bonds is 1. The lowest BCUT2D eigenvalue weighted by molar-refractivity contribution is -0.157. The van der Waals surface area contributed by atoms with Gasteiger partial charge < -0.3 is 14.5 Å². The van der Waals surface area contributed by atoms with Crippen molar-refractivity contribution in [2.45, 2.75) is 31.5 Å². The van der Waals surface area contributed by atoms with Gasteiger partial charge in [-0.05, 0) is 37.1 Å². The van der Waals surface area contributed by atoms with Crippen LogP contribution in [-0.4, -0.2) is 60.0 Å². The maximum atomic E-state index is 12.7. The number of ether oxygens (including phenoxy) is 1. The quantitative estimate of drug-likeness (QED) is 0.764. The van der Waals surface area contributed by atoms with Crippen molar-refractivity contribution >= 4 is 11.8 Å². The molecule has 1 atom stereocenters. The average molecular weight is 370 g/mol. The smallest absolute Gasteiger partial charge is 0.369 e. The molecule has 142 valence electrons. The van der Waals surface area contributed by atoms with Crippen molar-refractivity contribution in [1.82, 2.24) is 9.80 Å². The molecule has 1 spiro atoms. The van der Waals surface area contributed by atoms with Crippen LogP contribution in [0.3, 0.4) is 0 Å². The van der Waals surface area contributed by atoms with Crippen molar-refractivity contribution in [3.8, 4) is 0 Å². The van der Waals surface area contributed by atoms with Crippen molar-refractivity contribution in [3.05, 3.63) is 35.4 Å². The number of halogens is 3. The molecule has 0 saturated carbocycles. The molecule has 5 nitrogen and oxygen atoms in total. The largest absolute Gasteiger partial charge is 0.416 e. The van der Waals surface area contributed by atoms with Gasteiger partial charge in [0.25, 0.3) is 5.91 Å². The predicted molar refractivity (Wildman–Crippen MR) is 87.5 cm³/mol. The van der Waals surface area contributed by atoms with E-state index in [4.69, 9.17) is 4.74 Å². The number of benzene rings is 1. The molecule has 3 rings (SSSR count). The Bertz CT molecular complexity index is 686. The van der Waals surface area contributed by atoms with Crippen LogP contribution in [0.2, 0.25) is 0 Å². The summed E-state index contributed by atoms with van der Waals surface area (Å²) >= 11 is 0. The number of nitrogens with zero attached hydrogens (tertiary/aromatic N) is 2. The molecule has 2 saturated heterocycles. The Morgan fingerprint density at radius 1 is 1.08 bits per heavy atom. The monoisotopic (exact) mass is 370 g/mol. The molecule has 0 N–H and O–H groups in total. The number of likely N-dealkylation sites (tertiary alicyclic amines) is 1. The summed E-state index contributed by atoms with van der Waals surface area (Å²) in [5.74, 6) is -0.347. The highest BCUT2D eigenvalue weighted by Crippen LogP contribution is 2.31. The molecule has 26 heavy (non-hydrogen) atoms. The second kappa shape index (κ2) is 6.90. The molecular weight excluding hydrogens is 349 g/mol. The van der Waals surface area contributed by atoms with Gasteiger partial charge in [-0.15, -0.1) is 0 Å². The summed E-state index contributed by atoms with van der Waals surface area (Å²) in [7, 11) is 0. The molecule has 2 fully saturated rings. The fourth-order valence-electron chi connectivity index (χ4n) is 3.62. The molecule has 0 aliphatic carbocycles. The summed E-state index contributed by atoms with van der Waals surface area (Å²) in [6.45, 7) is 3.74. The first-order valence-electron chi connectivity index (χ1n) is 8.56. The first kappa shape index (κ1) is 18.7. The summed E-state index contributed by atoms with van der Waals surface area (Å²) in [6.07, 6.45) is -2.96. The van der Waals surface area contributed by atoms with E-state index in [-0.39, 0.29) is 17.4 Å². The Balaban J connectivity index is 1.73. The van der Waals surface area contributed by atoms with Crippen LogP contribution in [0.5, 0.6) is 0 Å². The predicted octanol–water partition coefficient (Wildman–Crippen LogP) is 2.56. The highest BCUT2D eigenvalue weighted by Gasteiger charge is 2.42. The summed E-state index contributed by atoms with van der Waals surface area (Å²) in [5.41, 5.74) is -1.16. The van der Waals surface area contributed by atoms with Gasteiger partial charge in [0.05, 0.1) is 25.3 Å². The summed E-state index contributed by atoms with van der Waals surface area (Å²) in [6, 6.07) is 4.25. The molecule has 2 heterocycles. The number of hydrogen-bond donors (Lipinski definition) is 0. The van der Waals surface area contributed by atoms with E-state index in [2.05, 4.69) is 0 Å². The lowest BCUT2D eigenvalue weighted by Crippen LogP contribution is -2.61. The fraction of sp³-hybridized carbons (Fsp3) is 0.556. The van der Waals surface area contributed by atoms with E-state index < -0.39 is 17.3 Å². The van der Waals surface area contributed by atoms with Crippen LogP contribution < -0.4 is 0 Å². The van der Waals surface area contributed by atoms with Crippen molar-refractivity contribution in [3.63, 3.8) is 0 Å². The molecule has 0 bridgehead atoms. The maximum absolute atomic E-state index is 12.7. The van der Waals surface area contributed by atoms with Crippen LogP contribution in [-0.2, 0) is 15.7 Å². The number of amides is 2. The molecule has 2 aliphatic heterocycles. The lowest BCUT2D eigenvalue weighted by atomic mass is 9.90. The highest BCUT2D eigenvalue weighted by molar-refractivity contribution is 5.94. The second-order valence-electron chi connectivity index (χ2n) is 6.88. The zero-order valence-corrected chi connectivity index (χ0v) is 14.5. The molecule has 1 aromatic rings. The lowest BCUT2D eigenvalue weighted by Gasteiger charge is -2.47. The Kier molecular flexibility index (Phi) is 4.96. The minimum absolute atomic E-state index is 0.0288. The van der Waals surface area contributed by atoms with E-state index in [1.165, 1.54) is 19.1 Å². The van der Waals surface area contributed by atoms with E-state index in [0.29, 0.717) is 32.8 Å².